The Kier molecular flexibility index (Phi) is 4.48. The lowest BCUT2D eigenvalue weighted by molar-refractivity contribution is -0.143. The fraction of sp³-hybridized carbons (Fsp3) is 0.389. The van der Waals surface area contributed by atoms with E-state index in [9.17, 15) is 9.59 Å². The molecule has 0 aliphatic carbocycles. The van der Waals surface area contributed by atoms with Crippen molar-refractivity contribution in [1.82, 2.24) is 9.78 Å². The van der Waals surface area contributed by atoms with E-state index in [2.05, 4.69) is 29.6 Å². The van der Waals surface area contributed by atoms with E-state index in [1.165, 1.54) is 6.92 Å². The van der Waals surface area contributed by atoms with E-state index in [-0.39, 0.29) is 6.04 Å². The van der Waals surface area contributed by atoms with Crippen molar-refractivity contribution in [2.45, 2.75) is 45.3 Å². The first-order valence-corrected chi connectivity index (χ1v) is 8.44. The van der Waals surface area contributed by atoms with Crippen molar-refractivity contribution in [3.05, 3.63) is 36.5 Å². The van der Waals surface area contributed by atoms with Gasteiger partial charge in [0.05, 0.1) is 17.9 Å². The predicted molar refractivity (Wildman–Crippen MR) is 94.6 cm³/mol. The summed E-state index contributed by atoms with van der Waals surface area (Å²) in [5.74, 6) is -0.0204. The third-order valence-corrected chi connectivity index (χ3v) is 4.52. The predicted octanol–water partition coefficient (Wildman–Crippen LogP) is 2.97. The van der Waals surface area contributed by atoms with Gasteiger partial charge in [-0.1, -0.05) is 26.0 Å². The quantitative estimate of drug-likeness (QED) is 0.818. The second-order valence-corrected chi connectivity index (χ2v) is 6.17. The van der Waals surface area contributed by atoms with Gasteiger partial charge in [-0.3, -0.25) is 9.59 Å². The molecule has 1 aliphatic rings. The molecule has 1 aromatic carbocycles. The molecule has 1 unspecified atom stereocenters. The standard InChI is InChI=1S/C18H22N4O3/c1-4-12(5-2)22-15(10-11-19-22)21-17(24)18(3)16(23)20-13-8-6-7-9-14(13)25-18/h6-12H,4-5H2,1-3H3,(H,20,23)(H,21,24). The van der Waals surface area contributed by atoms with Crippen LogP contribution in [-0.4, -0.2) is 27.2 Å². The van der Waals surface area contributed by atoms with E-state index in [1.54, 1.807) is 41.2 Å². The summed E-state index contributed by atoms with van der Waals surface area (Å²) >= 11 is 0. The third kappa shape index (κ3) is 2.97. The number of hydrogen-bond donors (Lipinski definition) is 2. The van der Waals surface area contributed by atoms with Gasteiger partial charge in [-0.15, -0.1) is 0 Å². The molecule has 0 radical (unpaired) electrons. The molecule has 2 N–H and O–H groups in total. The summed E-state index contributed by atoms with van der Waals surface area (Å²) in [6, 6.07) is 8.92. The van der Waals surface area contributed by atoms with E-state index >= 15 is 0 Å². The van der Waals surface area contributed by atoms with Gasteiger partial charge in [0.15, 0.2) is 0 Å². The third-order valence-electron chi connectivity index (χ3n) is 4.52. The second-order valence-electron chi connectivity index (χ2n) is 6.17. The molecule has 25 heavy (non-hydrogen) atoms. The Balaban J connectivity index is 1.84. The minimum absolute atomic E-state index is 0.180. The molecule has 0 saturated heterocycles. The Morgan fingerprint density at radius 1 is 1.32 bits per heavy atom. The van der Waals surface area contributed by atoms with Crippen molar-refractivity contribution in [3.63, 3.8) is 0 Å². The number of para-hydroxylation sites is 2. The number of benzene rings is 1. The Hall–Kier alpha value is -2.83. The SMILES string of the molecule is CCC(CC)n1nccc1NC(=O)C1(C)Oc2ccccc2NC1=O. The van der Waals surface area contributed by atoms with E-state index in [4.69, 9.17) is 4.74 Å². The Labute approximate surface area is 146 Å². The summed E-state index contributed by atoms with van der Waals surface area (Å²) in [5.41, 5.74) is -1.10. The molecule has 1 atom stereocenters. The van der Waals surface area contributed by atoms with Crippen LogP contribution in [0.5, 0.6) is 5.75 Å². The molecule has 7 heteroatoms. The molecule has 0 bridgehead atoms. The summed E-state index contributed by atoms with van der Waals surface area (Å²) in [4.78, 5) is 25.3. The van der Waals surface area contributed by atoms with Gasteiger partial charge in [0.2, 0.25) is 0 Å². The summed E-state index contributed by atoms with van der Waals surface area (Å²) in [6.45, 7) is 5.60. The van der Waals surface area contributed by atoms with Gasteiger partial charge < -0.3 is 15.4 Å². The van der Waals surface area contributed by atoms with Crippen LogP contribution in [0, 0.1) is 0 Å². The van der Waals surface area contributed by atoms with Gasteiger partial charge >= 0.3 is 0 Å². The molecular weight excluding hydrogens is 320 g/mol. The Bertz CT molecular complexity index is 797. The minimum Gasteiger partial charge on any atom is -0.466 e. The maximum atomic E-state index is 12.8. The van der Waals surface area contributed by atoms with Crippen LogP contribution in [0.1, 0.15) is 39.7 Å². The molecule has 2 aromatic rings. The van der Waals surface area contributed by atoms with Crippen molar-refractivity contribution in [1.29, 1.82) is 0 Å². The van der Waals surface area contributed by atoms with Crippen molar-refractivity contribution < 1.29 is 14.3 Å². The Morgan fingerprint density at radius 3 is 2.76 bits per heavy atom. The number of carbonyl (C=O) groups excluding carboxylic acids is 2. The summed E-state index contributed by atoms with van der Waals surface area (Å²) < 4.78 is 7.52. The maximum absolute atomic E-state index is 12.8. The van der Waals surface area contributed by atoms with Crippen molar-refractivity contribution in [2.75, 3.05) is 10.6 Å². The first kappa shape index (κ1) is 17.0. The van der Waals surface area contributed by atoms with Gasteiger partial charge in [-0.25, -0.2) is 4.68 Å². The first-order chi connectivity index (χ1) is 12.0. The average Bonchev–Trinajstić information content (AvgIpc) is 3.05. The molecule has 0 fully saturated rings. The van der Waals surface area contributed by atoms with Crippen LogP contribution < -0.4 is 15.4 Å². The fourth-order valence-corrected chi connectivity index (χ4v) is 2.89. The van der Waals surface area contributed by atoms with Crippen LogP contribution >= 0.6 is 0 Å². The van der Waals surface area contributed by atoms with Gasteiger partial charge in [-0.05, 0) is 31.9 Å². The van der Waals surface area contributed by atoms with Gasteiger partial charge in [0.25, 0.3) is 17.4 Å². The van der Waals surface area contributed by atoms with E-state index in [0.717, 1.165) is 12.8 Å². The number of nitrogens with zero attached hydrogens (tertiary/aromatic N) is 2. The highest BCUT2D eigenvalue weighted by Gasteiger charge is 2.47. The van der Waals surface area contributed by atoms with Gasteiger partial charge in [0.1, 0.15) is 11.6 Å². The monoisotopic (exact) mass is 342 g/mol. The molecular formula is C18H22N4O3. The van der Waals surface area contributed by atoms with Crippen molar-refractivity contribution >= 4 is 23.3 Å². The zero-order valence-electron chi connectivity index (χ0n) is 14.6. The van der Waals surface area contributed by atoms with Crippen LogP contribution in [0.2, 0.25) is 0 Å². The highest BCUT2D eigenvalue weighted by atomic mass is 16.5. The van der Waals surface area contributed by atoms with E-state index in [0.29, 0.717) is 17.3 Å². The molecule has 3 rings (SSSR count). The van der Waals surface area contributed by atoms with Gasteiger partial charge in [0, 0.05) is 6.07 Å². The number of carbonyl (C=O) groups is 2. The van der Waals surface area contributed by atoms with Crippen LogP contribution in [0.25, 0.3) is 0 Å². The van der Waals surface area contributed by atoms with E-state index in [1.807, 2.05) is 0 Å². The Morgan fingerprint density at radius 2 is 2.04 bits per heavy atom. The number of ether oxygens (including phenoxy) is 1. The summed E-state index contributed by atoms with van der Waals surface area (Å²) in [6.07, 6.45) is 3.42. The van der Waals surface area contributed by atoms with Crippen LogP contribution in [-0.2, 0) is 9.59 Å². The number of aromatic nitrogens is 2. The maximum Gasteiger partial charge on any atom is 0.279 e. The summed E-state index contributed by atoms with van der Waals surface area (Å²) in [7, 11) is 0. The number of rotatable bonds is 5. The topological polar surface area (TPSA) is 85.2 Å². The lowest BCUT2D eigenvalue weighted by Gasteiger charge is -2.33. The van der Waals surface area contributed by atoms with Crippen LogP contribution in [0.3, 0.4) is 0 Å². The summed E-state index contributed by atoms with van der Waals surface area (Å²) in [5, 5.41) is 9.80. The van der Waals surface area contributed by atoms with Crippen LogP contribution in [0.15, 0.2) is 36.5 Å². The zero-order valence-corrected chi connectivity index (χ0v) is 14.6. The number of amides is 2. The number of nitrogens with one attached hydrogen (secondary N) is 2. The van der Waals surface area contributed by atoms with E-state index < -0.39 is 17.4 Å². The lowest BCUT2D eigenvalue weighted by Crippen LogP contribution is -2.56. The average molecular weight is 342 g/mol. The molecule has 1 aliphatic heterocycles. The van der Waals surface area contributed by atoms with Crippen molar-refractivity contribution in [3.8, 4) is 5.75 Å². The first-order valence-electron chi connectivity index (χ1n) is 8.44. The molecule has 0 saturated carbocycles. The molecule has 2 heterocycles. The molecule has 2 amide bonds. The largest absolute Gasteiger partial charge is 0.466 e. The highest BCUT2D eigenvalue weighted by Crippen LogP contribution is 2.34. The zero-order chi connectivity index (χ0) is 18.0. The number of anilines is 2. The van der Waals surface area contributed by atoms with Gasteiger partial charge in [-0.2, -0.15) is 5.10 Å². The molecule has 1 aromatic heterocycles. The smallest absolute Gasteiger partial charge is 0.279 e. The fourth-order valence-electron chi connectivity index (χ4n) is 2.89. The molecule has 7 nitrogen and oxygen atoms in total. The number of fused-ring (bicyclic) bond motifs is 1. The number of hydrogen-bond acceptors (Lipinski definition) is 4. The van der Waals surface area contributed by atoms with Crippen LogP contribution in [0.4, 0.5) is 11.5 Å². The molecule has 132 valence electrons. The van der Waals surface area contributed by atoms with Crippen molar-refractivity contribution in [2.24, 2.45) is 0 Å². The second kappa shape index (κ2) is 6.58. The normalized spacial score (nSPS) is 19.1. The minimum atomic E-state index is -1.66. The molecule has 0 spiro atoms. The highest BCUT2D eigenvalue weighted by molar-refractivity contribution is 6.18. The lowest BCUT2D eigenvalue weighted by atomic mass is 10.0.